The van der Waals surface area contributed by atoms with Gasteiger partial charge in [0.1, 0.15) is 18.0 Å². The Morgan fingerprint density at radius 1 is 1.04 bits per heavy atom. The molecule has 1 aromatic heterocycles. The van der Waals surface area contributed by atoms with Crippen molar-refractivity contribution in [2.45, 2.75) is 0 Å². The molecule has 25 heavy (non-hydrogen) atoms. The Kier molecular flexibility index (Phi) is 5.17. The van der Waals surface area contributed by atoms with E-state index < -0.39 is 0 Å². The van der Waals surface area contributed by atoms with Gasteiger partial charge >= 0.3 is 0 Å². The predicted molar refractivity (Wildman–Crippen MR) is 94.7 cm³/mol. The molecule has 1 aliphatic rings. The Labute approximate surface area is 146 Å². The minimum absolute atomic E-state index is 0.645. The smallest absolute Gasteiger partial charge is 0.209 e. The van der Waals surface area contributed by atoms with Gasteiger partial charge in [-0.3, -0.25) is 4.79 Å². The first kappa shape index (κ1) is 16.8. The van der Waals surface area contributed by atoms with Gasteiger partial charge in [0, 0.05) is 44.0 Å². The van der Waals surface area contributed by atoms with Crippen LogP contribution in [-0.4, -0.2) is 61.7 Å². The number of carbonyl (C=O) groups is 1. The molecule has 0 spiro atoms. The molecule has 8 heteroatoms. The van der Waals surface area contributed by atoms with E-state index in [0.717, 1.165) is 31.0 Å². The van der Waals surface area contributed by atoms with Crippen LogP contribution in [0.3, 0.4) is 0 Å². The van der Waals surface area contributed by atoms with Crippen molar-refractivity contribution in [2.75, 3.05) is 50.6 Å². The molecule has 8 nitrogen and oxygen atoms in total. The summed E-state index contributed by atoms with van der Waals surface area (Å²) in [6, 6.07) is 7.48. The SMILES string of the molecule is COc1ccc(Nc2cc(N3CCN(C=O)CC3)ncn2)cc1OC. The second-order valence-electron chi connectivity index (χ2n) is 5.58. The zero-order valence-electron chi connectivity index (χ0n) is 14.3. The van der Waals surface area contributed by atoms with Crippen LogP contribution in [0.2, 0.25) is 0 Å². The highest BCUT2D eigenvalue weighted by atomic mass is 16.5. The molecule has 0 aliphatic carbocycles. The summed E-state index contributed by atoms with van der Waals surface area (Å²) in [4.78, 5) is 23.3. The quantitative estimate of drug-likeness (QED) is 0.797. The number of rotatable bonds is 6. The third-order valence-corrected chi connectivity index (χ3v) is 4.10. The van der Waals surface area contributed by atoms with Crippen LogP contribution in [0.15, 0.2) is 30.6 Å². The fourth-order valence-corrected chi connectivity index (χ4v) is 2.71. The number of benzene rings is 1. The molecule has 1 N–H and O–H groups in total. The molecule has 1 saturated heterocycles. The number of piperazine rings is 1. The highest BCUT2D eigenvalue weighted by molar-refractivity contribution is 5.63. The molecule has 2 heterocycles. The van der Waals surface area contributed by atoms with Gasteiger partial charge in [-0.15, -0.1) is 0 Å². The van der Waals surface area contributed by atoms with Gasteiger partial charge in [0.25, 0.3) is 0 Å². The van der Waals surface area contributed by atoms with Crippen LogP contribution in [0.1, 0.15) is 0 Å². The van der Waals surface area contributed by atoms with E-state index in [2.05, 4.69) is 20.2 Å². The Morgan fingerprint density at radius 3 is 2.48 bits per heavy atom. The summed E-state index contributed by atoms with van der Waals surface area (Å²) in [5.41, 5.74) is 0.841. The molecule has 1 fully saturated rings. The van der Waals surface area contributed by atoms with E-state index in [4.69, 9.17) is 9.47 Å². The van der Waals surface area contributed by atoms with Crippen LogP contribution >= 0.6 is 0 Å². The molecule has 0 bridgehead atoms. The number of hydrogen-bond acceptors (Lipinski definition) is 7. The number of hydrogen-bond donors (Lipinski definition) is 1. The van der Waals surface area contributed by atoms with Crippen molar-refractivity contribution in [2.24, 2.45) is 0 Å². The standard InChI is InChI=1S/C17H21N5O3/c1-24-14-4-3-13(9-15(14)25-2)20-16-10-17(19-11-18-16)22-7-5-21(12-23)6-8-22/h3-4,9-12H,5-8H2,1-2H3,(H,18,19,20). The molecule has 132 valence electrons. The van der Waals surface area contributed by atoms with Crippen molar-refractivity contribution in [3.63, 3.8) is 0 Å². The number of carbonyl (C=O) groups excluding carboxylic acids is 1. The first-order valence-electron chi connectivity index (χ1n) is 7.99. The Bertz CT molecular complexity index is 732. The lowest BCUT2D eigenvalue weighted by Gasteiger charge is -2.33. The highest BCUT2D eigenvalue weighted by Crippen LogP contribution is 2.31. The molecule has 0 radical (unpaired) electrons. The summed E-state index contributed by atoms with van der Waals surface area (Å²) in [5, 5.41) is 3.25. The average molecular weight is 343 g/mol. The lowest BCUT2D eigenvalue weighted by Crippen LogP contribution is -2.46. The van der Waals surface area contributed by atoms with Gasteiger partial charge in [0.2, 0.25) is 6.41 Å². The van der Waals surface area contributed by atoms with E-state index in [1.165, 1.54) is 6.33 Å². The Hall–Kier alpha value is -3.03. The van der Waals surface area contributed by atoms with Gasteiger partial charge in [-0.1, -0.05) is 0 Å². The zero-order valence-corrected chi connectivity index (χ0v) is 14.3. The summed E-state index contributed by atoms with van der Waals surface area (Å²) >= 11 is 0. The van der Waals surface area contributed by atoms with E-state index in [0.29, 0.717) is 30.4 Å². The van der Waals surface area contributed by atoms with Gasteiger partial charge in [0.15, 0.2) is 11.5 Å². The van der Waals surface area contributed by atoms with E-state index in [9.17, 15) is 4.79 Å². The van der Waals surface area contributed by atoms with Crippen LogP contribution in [0, 0.1) is 0 Å². The number of nitrogens with one attached hydrogen (secondary N) is 1. The largest absolute Gasteiger partial charge is 0.493 e. The average Bonchev–Trinajstić information content (AvgIpc) is 2.68. The summed E-state index contributed by atoms with van der Waals surface area (Å²) in [5.74, 6) is 2.84. The molecule has 1 aromatic carbocycles. The number of anilines is 3. The molecule has 0 saturated carbocycles. The van der Waals surface area contributed by atoms with Crippen molar-refractivity contribution in [1.82, 2.24) is 14.9 Å². The van der Waals surface area contributed by atoms with Crippen molar-refractivity contribution >= 4 is 23.7 Å². The maximum atomic E-state index is 10.8. The summed E-state index contributed by atoms with van der Waals surface area (Å²) in [6.45, 7) is 2.91. The highest BCUT2D eigenvalue weighted by Gasteiger charge is 2.17. The number of nitrogens with zero attached hydrogens (tertiary/aromatic N) is 4. The maximum Gasteiger partial charge on any atom is 0.209 e. The fraction of sp³-hybridized carbons (Fsp3) is 0.353. The summed E-state index contributed by atoms with van der Waals surface area (Å²) in [7, 11) is 3.20. The Balaban J connectivity index is 1.73. The maximum absolute atomic E-state index is 10.8. The molecule has 0 atom stereocenters. The van der Waals surface area contributed by atoms with Gasteiger partial charge in [-0.2, -0.15) is 0 Å². The minimum atomic E-state index is 0.645. The molecular formula is C17H21N5O3. The van der Waals surface area contributed by atoms with E-state index in [1.54, 1.807) is 19.1 Å². The number of aromatic nitrogens is 2. The topological polar surface area (TPSA) is 79.8 Å². The summed E-state index contributed by atoms with van der Waals surface area (Å²) < 4.78 is 10.6. The van der Waals surface area contributed by atoms with Crippen LogP contribution in [0.5, 0.6) is 11.5 Å². The van der Waals surface area contributed by atoms with Crippen molar-refractivity contribution in [3.8, 4) is 11.5 Å². The number of amides is 1. The van der Waals surface area contributed by atoms with Crippen LogP contribution in [0.25, 0.3) is 0 Å². The first-order chi connectivity index (χ1) is 12.2. The first-order valence-corrected chi connectivity index (χ1v) is 7.99. The van der Waals surface area contributed by atoms with Gasteiger partial charge in [0.05, 0.1) is 14.2 Å². The van der Waals surface area contributed by atoms with E-state index in [1.807, 2.05) is 24.3 Å². The fourth-order valence-electron chi connectivity index (χ4n) is 2.71. The lowest BCUT2D eigenvalue weighted by atomic mass is 10.2. The van der Waals surface area contributed by atoms with Crippen LogP contribution in [0.4, 0.5) is 17.3 Å². The lowest BCUT2D eigenvalue weighted by molar-refractivity contribution is -0.118. The van der Waals surface area contributed by atoms with Crippen LogP contribution < -0.4 is 19.7 Å². The predicted octanol–water partition coefficient (Wildman–Crippen LogP) is 1.52. The monoisotopic (exact) mass is 343 g/mol. The third-order valence-electron chi connectivity index (χ3n) is 4.10. The molecule has 1 amide bonds. The van der Waals surface area contributed by atoms with Crippen molar-refractivity contribution < 1.29 is 14.3 Å². The second-order valence-corrected chi connectivity index (χ2v) is 5.58. The van der Waals surface area contributed by atoms with Gasteiger partial charge in [-0.25, -0.2) is 9.97 Å². The minimum Gasteiger partial charge on any atom is -0.493 e. The number of ether oxygens (including phenoxy) is 2. The summed E-state index contributed by atoms with van der Waals surface area (Å²) in [6.07, 6.45) is 2.42. The van der Waals surface area contributed by atoms with Crippen LogP contribution in [-0.2, 0) is 4.79 Å². The molecule has 3 rings (SSSR count). The molecule has 1 aliphatic heterocycles. The number of methoxy groups -OCH3 is 2. The van der Waals surface area contributed by atoms with Gasteiger partial charge < -0.3 is 24.6 Å². The molecule has 0 unspecified atom stereocenters. The van der Waals surface area contributed by atoms with Crippen molar-refractivity contribution in [3.05, 3.63) is 30.6 Å². The second kappa shape index (κ2) is 7.69. The van der Waals surface area contributed by atoms with E-state index in [-0.39, 0.29) is 0 Å². The normalized spacial score (nSPS) is 14.2. The Morgan fingerprint density at radius 2 is 1.80 bits per heavy atom. The molecule has 2 aromatic rings. The van der Waals surface area contributed by atoms with Gasteiger partial charge in [-0.05, 0) is 12.1 Å². The zero-order chi connectivity index (χ0) is 17.6. The van der Waals surface area contributed by atoms with E-state index >= 15 is 0 Å². The van der Waals surface area contributed by atoms with Crippen molar-refractivity contribution in [1.29, 1.82) is 0 Å². The third kappa shape index (κ3) is 3.90. The molecular weight excluding hydrogens is 322 g/mol.